The van der Waals surface area contributed by atoms with Gasteiger partial charge in [-0.2, -0.15) is 0 Å². The van der Waals surface area contributed by atoms with Gasteiger partial charge in [-0.3, -0.25) is 0 Å². The van der Waals surface area contributed by atoms with Crippen molar-refractivity contribution in [2.75, 3.05) is 32.2 Å². The van der Waals surface area contributed by atoms with Gasteiger partial charge >= 0.3 is 0 Å². The van der Waals surface area contributed by atoms with Crippen molar-refractivity contribution in [2.24, 2.45) is 0 Å². The lowest BCUT2D eigenvalue weighted by molar-refractivity contribution is 0.0694. The molecule has 0 saturated heterocycles. The second-order valence-electron chi connectivity index (χ2n) is 5.39. The Balaban J connectivity index is 2.06. The monoisotopic (exact) mass is 282 g/mol. The van der Waals surface area contributed by atoms with Gasteiger partial charge < -0.3 is 20.1 Å². The summed E-state index contributed by atoms with van der Waals surface area (Å²) < 4.78 is 19.0. The van der Waals surface area contributed by atoms with Crippen LogP contribution in [0.5, 0.6) is 0 Å². The minimum absolute atomic E-state index is 0.244. The van der Waals surface area contributed by atoms with E-state index < -0.39 is 6.10 Å². The summed E-state index contributed by atoms with van der Waals surface area (Å²) in [5.74, 6) is -0.257. The molecule has 0 radical (unpaired) electrons. The standard InChI is InChI=1S/C15H23FN2O2/c1-18(9-13(19)10-20-2)15-11(4-3-5-14(15)16)8-17-12-6-7-12/h3-5,12-13,17,19H,6-10H2,1-2H3. The lowest BCUT2D eigenvalue weighted by atomic mass is 10.1. The van der Waals surface area contributed by atoms with Crippen molar-refractivity contribution in [3.05, 3.63) is 29.6 Å². The highest BCUT2D eigenvalue weighted by Crippen LogP contribution is 2.25. The summed E-state index contributed by atoms with van der Waals surface area (Å²) >= 11 is 0. The van der Waals surface area contributed by atoms with Gasteiger partial charge in [0.25, 0.3) is 0 Å². The molecule has 1 aliphatic rings. The van der Waals surface area contributed by atoms with Gasteiger partial charge in [0.15, 0.2) is 0 Å². The van der Waals surface area contributed by atoms with Crippen molar-refractivity contribution in [3.63, 3.8) is 0 Å². The Morgan fingerprint density at radius 2 is 2.25 bits per heavy atom. The summed E-state index contributed by atoms with van der Waals surface area (Å²) in [6.07, 6.45) is 1.77. The number of hydrogen-bond acceptors (Lipinski definition) is 4. The summed E-state index contributed by atoms with van der Waals surface area (Å²) in [5.41, 5.74) is 1.47. The summed E-state index contributed by atoms with van der Waals surface area (Å²) in [6, 6.07) is 5.68. The van der Waals surface area contributed by atoms with E-state index in [1.165, 1.54) is 26.0 Å². The molecule has 5 heteroatoms. The lowest BCUT2D eigenvalue weighted by Gasteiger charge is -2.25. The van der Waals surface area contributed by atoms with Gasteiger partial charge in [-0.25, -0.2) is 4.39 Å². The first-order chi connectivity index (χ1) is 9.61. The van der Waals surface area contributed by atoms with Crippen molar-refractivity contribution in [1.29, 1.82) is 0 Å². The topological polar surface area (TPSA) is 44.7 Å². The number of aliphatic hydroxyl groups is 1. The van der Waals surface area contributed by atoms with E-state index in [-0.39, 0.29) is 12.4 Å². The van der Waals surface area contributed by atoms with E-state index in [4.69, 9.17) is 4.74 Å². The van der Waals surface area contributed by atoms with Gasteiger partial charge in [-0.15, -0.1) is 0 Å². The first kappa shape index (κ1) is 15.2. The molecule has 4 nitrogen and oxygen atoms in total. The van der Waals surface area contributed by atoms with Crippen molar-refractivity contribution in [3.8, 4) is 0 Å². The van der Waals surface area contributed by atoms with Gasteiger partial charge in [-0.1, -0.05) is 12.1 Å². The van der Waals surface area contributed by atoms with E-state index in [1.807, 2.05) is 6.07 Å². The number of benzene rings is 1. The van der Waals surface area contributed by atoms with Crippen LogP contribution in [0.3, 0.4) is 0 Å². The van der Waals surface area contributed by atoms with Crippen molar-refractivity contribution in [2.45, 2.75) is 31.5 Å². The van der Waals surface area contributed by atoms with Crippen LogP contribution in [0.2, 0.25) is 0 Å². The molecule has 0 amide bonds. The third-order valence-corrected chi connectivity index (χ3v) is 3.45. The molecule has 1 saturated carbocycles. The summed E-state index contributed by atoms with van der Waals surface area (Å²) in [5, 5.41) is 13.2. The van der Waals surface area contributed by atoms with Crippen molar-refractivity contribution >= 4 is 5.69 Å². The predicted octanol–water partition coefficient (Wildman–Crippen LogP) is 1.52. The zero-order valence-electron chi connectivity index (χ0n) is 12.1. The molecule has 2 N–H and O–H groups in total. The number of para-hydroxylation sites is 1. The Morgan fingerprint density at radius 1 is 1.50 bits per heavy atom. The number of methoxy groups -OCH3 is 1. The molecule has 1 aliphatic carbocycles. The van der Waals surface area contributed by atoms with Gasteiger partial charge in [0.2, 0.25) is 0 Å². The van der Waals surface area contributed by atoms with E-state index in [2.05, 4.69) is 5.32 Å². The van der Waals surface area contributed by atoms with Crippen LogP contribution in [-0.4, -0.2) is 44.6 Å². The molecule has 1 aromatic carbocycles. The van der Waals surface area contributed by atoms with Crippen LogP contribution in [0.25, 0.3) is 0 Å². The van der Waals surface area contributed by atoms with Crippen LogP contribution in [-0.2, 0) is 11.3 Å². The third kappa shape index (κ3) is 4.16. The van der Waals surface area contributed by atoms with Gasteiger partial charge in [0.1, 0.15) is 5.82 Å². The smallest absolute Gasteiger partial charge is 0.146 e. The molecule has 2 rings (SSSR count). The van der Waals surface area contributed by atoms with Crippen molar-refractivity contribution in [1.82, 2.24) is 5.32 Å². The molecule has 1 unspecified atom stereocenters. The normalized spacial score (nSPS) is 16.2. The Labute approximate surface area is 119 Å². The maximum Gasteiger partial charge on any atom is 0.146 e. The number of nitrogens with one attached hydrogen (secondary N) is 1. The zero-order chi connectivity index (χ0) is 14.5. The van der Waals surface area contributed by atoms with Crippen LogP contribution in [0.15, 0.2) is 18.2 Å². The molecule has 1 fully saturated rings. The van der Waals surface area contributed by atoms with Crippen LogP contribution in [0.1, 0.15) is 18.4 Å². The summed E-state index contributed by atoms with van der Waals surface area (Å²) in [4.78, 5) is 1.75. The molecule has 0 aromatic heterocycles. The highest BCUT2D eigenvalue weighted by molar-refractivity contribution is 5.54. The number of likely N-dealkylation sites (N-methyl/N-ethyl adjacent to an activating group) is 1. The molecule has 1 aromatic rings. The second-order valence-corrected chi connectivity index (χ2v) is 5.39. The number of nitrogens with zero attached hydrogens (tertiary/aromatic N) is 1. The van der Waals surface area contributed by atoms with Crippen LogP contribution < -0.4 is 10.2 Å². The minimum atomic E-state index is -0.631. The Morgan fingerprint density at radius 3 is 2.90 bits per heavy atom. The van der Waals surface area contributed by atoms with Gasteiger partial charge in [0, 0.05) is 33.3 Å². The number of rotatable bonds is 8. The number of aliphatic hydroxyl groups excluding tert-OH is 1. The van der Waals surface area contributed by atoms with Crippen LogP contribution in [0, 0.1) is 5.82 Å². The van der Waals surface area contributed by atoms with Crippen molar-refractivity contribution < 1.29 is 14.2 Å². The minimum Gasteiger partial charge on any atom is -0.389 e. The highest BCUT2D eigenvalue weighted by atomic mass is 19.1. The molecule has 112 valence electrons. The van der Waals surface area contributed by atoms with Crippen LogP contribution >= 0.6 is 0 Å². The van der Waals surface area contributed by atoms with E-state index in [9.17, 15) is 9.50 Å². The summed E-state index contributed by atoms with van der Waals surface area (Å²) in [7, 11) is 3.33. The largest absolute Gasteiger partial charge is 0.389 e. The average molecular weight is 282 g/mol. The zero-order valence-corrected chi connectivity index (χ0v) is 12.1. The Hall–Kier alpha value is -1.17. The fourth-order valence-corrected chi connectivity index (χ4v) is 2.32. The summed E-state index contributed by atoms with van der Waals surface area (Å²) in [6.45, 7) is 1.24. The number of anilines is 1. The number of halogens is 1. The quantitative estimate of drug-likeness (QED) is 0.759. The molecule has 0 bridgehead atoms. The molecule has 0 aliphatic heterocycles. The molecular formula is C15H23FN2O2. The Bertz CT molecular complexity index is 438. The third-order valence-electron chi connectivity index (χ3n) is 3.45. The van der Waals surface area contributed by atoms with E-state index >= 15 is 0 Å². The SMILES string of the molecule is COCC(O)CN(C)c1c(F)cccc1CNC1CC1. The van der Waals surface area contributed by atoms with E-state index in [1.54, 1.807) is 18.0 Å². The second kappa shape index (κ2) is 7.02. The Kier molecular flexibility index (Phi) is 5.34. The maximum atomic E-state index is 14.1. The lowest BCUT2D eigenvalue weighted by Crippen LogP contribution is -2.33. The maximum absolute atomic E-state index is 14.1. The molecule has 1 atom stereocenters. The fraction of sp³-hybridized carbons (Fsp3) is 0.600. The fourth-order valence-electron chi connectivity index (χ4n) is 2.32. The first-order valence-corrected chi connectivity index (χ1v) is 7.00. The number of ether oxygens (including phenoxy) is 1. The first-order valence-electron chi connectivity index (χ1n) is 7.00. The van der Waals surface area contributed by atoms with Gasteiger partial charge in [-0.05, 0) is 24.5 Å². The number of hydrogen-bond donors (Lipinski definition) is 2. The molecule has 0 spiro atoms. The average Bonchev–Trinajstić information content (AvgIpc) is 3.20. The van der Waals surface area contributed by atoms with E-state index in [0.717, 1.165) is 5.56 Å². The van der Waals surface area contributed by atoms with E-state index in [0.29, 0.717) is 24.8 Å². The van der Waals surface area contributed by atoms with Gasteiger partial charge in [0.05, 0.1) is 18.4 Å². The predicted molar refractivity (Wildman–Crippen MR) is 77.4 cm³/mol. The molecule has 0 heterocycles. The molecular weight excluding hydrogens is 259 g/mol. The highest BCUT2D eigenvalue weighted by Gasteiger charge is 2.22. The van der Waals surface area contributed by atoms with Crippen LogP contribution in [0.4, 0.5) is 10.1 Å². The molecule has 20 heavy (non-hydrogen) atoms.